The van der Waals surface area contributed by atoms with Gasteiger partial charge in [0, 0.05) is 32.7 Å². The first-order chi connectivity index (χ1) is 8.06. The van der Waals surface area contributed by atoms with Crippen molar-refractivity contribution < 1.29 is 9.53 Å². The van der Waals surface area contributed by atoms with Crippen LogP contribution in [-0.4, -0.2) is 38.8 Å². The first kappa shape index (κ1) is 14.5. The van der Waals surface area contributed by atoms with Crippen LogP contribution in [0.15, 0.2) is 0 Å². The van der Waals surface area contributed by atoms with Gasteiger partial charge in [-0.1, -0.05) is 13.8 Å². The van der Waals surface area contributed by atoms with Crippen LogP contribution in [0.1, 0.15) is 39.5 Å². The van der Waals surface area contributed by atoms with Crippen molar-refractivity contribution in [2.75, 3.05) is 26.8 Å². The molecule has 1 fully saturated rings. The van der Waals surface area contributed by atoms with Gasteiger partial charge in [-0.3, -0.25) is 4.79 Å². The minimum absolute atomic E-state index is 0.130. The third kappa shape index (κ3) is 5.04. The van der Waals surface area contributed by atoms with Gasteiger partial charge in [-0.25, -0.2) is 0 Å². The van der Waals surface area contributed by atoms with E-state index in [1.54, 1.807) is 7.11 Å². The summed E-state index contributed by atoms with van der Waals surface area (Å²) in [5, 5.41) is 6.50. The Morgan fingerprint density at radius 2 is 2.29 bits per heavy atom. The van der Waals surface area contributed by atoms with Crippen molar-refractivity contribution in [2.24, 2.45) is 5.41 Å². The summed E-state index contributed by atoms with van der Waals surface area (Å²) in [5.41, 5.74) is 0.276. The Kier molecular flexibility index (Phi) is 5.92. The van der Waals surface area contributed by atoms with E-state index in [9.17, 15) is 4.79 Å². The van der Waals surface area contributed by atoms with E-state index < -0.39 is 0 Å². The minimum Gasteiger partial charge on any atom is -0.385 e. The Morgan fingerprint density at radius 1 is 1.53 bits per heavy atom. The fourth-order valence-corrected chi connectivity index (χ4v) is 2.30. The van der Waals surface area contributed by atoms with Gasteiger partial charge < -0.3 is 15.4 Å². The molecule has 4 heteroatoms. The molecule has 1 amide bonds. The highest BCUT2D eigenvalue weighted by atomic mass is 16.5. The molecule has 1 aliphatic rings. The van der Waals surface area contributed by atoms with E-state index in [4.69, 9.17) is 4.74 Å². The standard InChI is InChI=1S/C13H26N2O2/c1-13(2)7-5-8-14-11(13)10-15-12(16)6-4-9-17-3/h11,14H,4-10H2,1-3H3,(H,15,16). The number of carbonyl (C=O) groups excluding carboxylic acids is 1. The van der Waals surface area contributed by atoms with Crippen LogP contribution in [0.3, 0.4) is 0 Å². The summed E-state index contributed by atoms with van der Waals surface area (Å²) in [5.74, 6) is 0.130. The zero-order valence-corrected chi connectivity index (χ0v) is 11.3. The molecule has 0 spiro atoms. The van der Waals surface area contributed by atoms with Gasteiger partial charge in [0.15, 0.2) is 0 Å². The molecular weight excluding hydrogens is 216 g/mol. The summed E-state index contributed by atoms with van der Waals surface area (Å²) >= 11 is 0. The first-order valence-corrected chi connectivity index (χ1v) is 6.55. The third-order valence-electron chi connectivity index (χ3n) is 3.59. The smallest absolute Gasteiger partial charge is 0.220 e. The Morgan fingerprint density at radius 3 is 2.94 bits per heavy atom. The number of nitrogens with one attached hydrogen (secondary N) is 2. The van der Waals surface area contributed by atoms with E-state index in [2.05, 4.69) is 24.5 Å². The lowest BCUT2D eigenvalue weighted by Gasteiger charge is -2.39. The van der Waals surface area contributed by atoms with Crippen LogP contribution in [0, 0.1) is 5.41 Å². The van der Waals surface area contributed by atoms with E-state index in [1.165, 1.54) is 12.8 Å². The summed E-state index contributed by atoms with van der Waals surface area (Å²) in [6.45, 7) is 6.98. The quantitative estimate of drug-likeness (QED) is 0.690. The van der Waals surface area contributed by atoms with Crippen LogP contribution in [0.5, 0.6) is 0 Å². The topological polar surface area (TPSA) is 50.4 Å². The number of hydrogen-bond donors (Lipinski definition) is 2. The fraction of sp³-hybridized carbons (Fsp3) is 0.923. The van der Waals surface area contributed by atoms with E-state index in [-0.39, 0.29) is 11.3 Å². The molecule has 0 radical (unpaired) electrons. The Balaban J connectivity index is 2.22. The molecule has 1 atom stereocenters. The predicted octanol–water partition coefficient (Wildman–Crippen LogP) is 1.31. The largest absolute Gasteiger partial charge is 0.385 e. The molecular formula is C13H26N2O2. The van der Waals surface area contributed by atoms with Crippen molar-refractivity contribution in [3.05, 3.63) is 0 Å². The van der Waals surface area contributed by atoms with Crippen molar-refractivity contribution in [2.45, 2.75) is 45.6 Å². The van der Waals surface area contributed by atoms with Crippen molar-refractivity contribution in [3.63, 3.8) is 0 Å². The summed E-state index contributed by atoms with van der Waals surface area (Å²) < 4.78 is 4.93. The number of amides is 1. The van der Waals surface area contributed by atoms with E-state index in [1.807, 2.05) is 0 Å². The Bertz CT molecular complexity index is 242. The van der Waals surface area contributed by atoms with Crippen molar-refractivity contribution in [3.8, 4) is 0 Å². The summed E-state index contributed by atoms with van der Waals surface area (Å²) in [4.78, 5) is 11.6. The maximum absolute atomic E-state index is 11.6. The second kappa shape index (κ2) is 6.97. The van der Waals surface area contributed by atoms with Crippen LogP contribution >= 0.6 is 0 Å². The molecule has 4 nitrogen and oxygen atoms in total. The van der Waals surface area contributed by atoms with Crippen LogP contribution in [0.4, 0.5) is 0 Å². The maximum Gasteiger partial charge on any atom is 0.220 e. The monoisotopic (exact) mass is 242 g/mol. The lowest BCUT2D eigenvalue weighted by Crippen LogP contribution is -2.52. The van der Waals surface area contributed by atoms with Crippen LogP contribution < -0.4 is 10.6 Å². The molecule has 1 rings (SSSR count). The van der Waals surface area contributed by atoms with Crippen molar-refractivity contribution in [1.82, 2.24) is 10.6 Å². The molecule has 0 aromatic carbocycles. The summed E-state index contributed by atoms with van der Waals surface area (Å²) in [6.07, 6.45) is 3.81. The second-order valence-corrected chi connectivity index (χ2v) is 5.50. The molecule has 2 N–H and O–H groups in total. The molecule has 0 aromatic heterocycles. The van der Waals surface area contributed by atoms with Gasteiger partial charge in [-0.05, 0) is 31.2 Å². The lowest BCUT2D eigenvalue weighted by atomic mass is 9.77. The van der Waals surface area contributed by atoms with Crippen molar-refractivity contribution in [1.29, 1.82) is 0 Å². The average molecular weight is 242 g/mol. The third-order valence-corrected chi connectivity index (χ3v) is 3.59. The SMILES string of the molecule is COCCCC(=O)NCC1NCCCC1(C)C. The zero-order chi connectivity index (χ0) is 12.7. The van der Waals surface area contributed by atoms with Gasteiger partial charge in [0.25, 0.3) is 0 Å². The van der Waals surface area contributed by atoms with Crippen LogP contribution in [-0.2, 0) is 9.53 Å². The van der Waals surface area contributed by atoms with Crippen molar-refractivity contribution >= 4 is 5.91 Å². The fourth-order valence-electron chi connectivity index (χ4n) is 2.30. The molecule has 17 heavy (non-hydrogen) atoms. The number of methoxy groups -OCH3 is 1. The van der Waals surface area contributed by atoms with Gasteiger partial charge in [0.05, 0.1) is 0 Å². The number of ether oxygens (including phenoxy) is 1. The first-order valence-electron chi connectivity index (χ1n) is 6.55. The van der Waals surface area contributed by atoms with Gasteiger partial charge in [-0.15, -0.1) is 0 Å². The molecule has 0 aliphatic carbocycles. The second-order valence-electron chi connectivity index (χ2n) is 5.50. The summed E-state index contributed by atoms with van der Waals surface area (Å²) in [7, 11) is 1.66. The zero-order valence-electron chi connectivity index (χ0n) is 11.3. The number of rotatable bonds is 6. The average Bonchev–Trinajstić information content (AvgIpc) is 2.27. The minimum atomic E-state index is 0.130. The molecule has 0 saturated carbocycles. The normalized spacial score (nSPS) is 23.4. The number of hydrogen-bond acceptors (Lipinski definition) is 3. The van der Waals surface area contributed by atoms with Gasteiger partial charge in [0.1, 0.15) is 0 Å². The van der Waals surface area contributed by atoms with E-state index in [0.717, 1.165) is 19.5 Å². The van der Waals surface area contributed by atoms with E-state index in [0.29, 0.717) is 19.1 Å². The molecule has 1 unspecified atom stereocenters. The van der Waals surface area contributed by atoms with Crippen LogP contribution in [0.25, 0.3) is 0 Å². The predicted molar refractivity (Wildman–Crippen MR) is 68.9 cm³/mol. The van der Waals surface area contributed by atoms with E-state index >= 15 is 0 Å². The maximum atomic E-state index is 11.6. The highest BCUT2D eigenvalue weighted by Crippen LogP contribution is 2.29. The lowest BCUT2D eigenvalue weighted by molar-refractivity contribution is -0.121. The van der Waals surface area contributed by atoms with Gasteiger partial charge >= 0.3 is 0 Å². The highest BCUT2D eigenvalue weighted by Gasteiger charge is 2.31. The number of piperidine rings is 1. The Hall–Kier alpha value is -0.610. The molecule has 1 heterocycles. The number of carbonyl (C=O) groups is 1. The summed E-state index contributed by atoms with van der Waals surface area (Å²) in [6, 6.07) is 0.391. The molecule has 100 valence electrons. The molecule has 1 aliphatic heterocycles. The molecule has 1 saturated heterocycles. The van der Waals surface area contributed by atoms with Gasteiger partial charge in [0.2, 0.25) is 5.91 Å². The molecule has 0 aromatic rings. The van der Waals surface area contributed by atoms with Gasteiger partial charge in [-0.2, -0.15) is 0 Å². The molecule has 0 bridgehead atoms. The van der Waals surface area contributed by atoms with Crippen LogP contribution in [0.2, 0.25) is 0 Å². The Labute approximate surface area is 104 Å². The highest BCUT2D eigenvalue weighted by molar-refractivity contribution is 5.75.